The number of aromatic nitrogens is 2. The highest BCUT2D eigenvalue weighted by molar-refractivity contribution is 9.10. The van der Waals surface area contributed by atoms with Crippen LogP contribution >= 0.6 is 15.9 Å². The molecule has 3 aromatic rings. The summed E-state index contributed by atoms with van der Waals surface area (Å²) in [5, 5.41) is 10.6. The van der Waals surface area contributed by atoms with Crippen molar-refractivity contribution in [1.29, 1.82) is 0 Å². The van der Waals surface area contributed by atoms with Crippen LogP contribution in [-0.2, 0) is 9.84 Å². The smallest absolute Gasteiger partial charge is 0.256 e. The number of hydrogen-bond donors (Lipinski definition) is 1. The lowest BCUT2D eigenvalue weighted by molar-refractivity contribution is 0.102. The van der Waals surface area contributed by atoms with E-state index in [2.05, 4.69) is 31.4 Å². The zero-order chi connectivity index (χ0) is 19.4. The highest BCUT2D eigenvalue weighted by Gasteiger charge is 2.14. The quantitative estimate of drug-likeness (QED) is 0.641. The van der Waals surface area contributed by atoms with Crippen molar-refractivity contribution in [2.45, 2.75) is 11.9 Å². The average Bonchev–Trinajstić information content (AvgIpc) is 2.68. The van der Waals surface area contributed by atoms with Crippen LogP contribution in [0.25, 0.3) is 11.3 Å². The summed E-state index contributed by atoms with van der Waals surface area (Å²) >= 11 is 3.36. The average molecular weight is 446 g/mol. The molecular formula is C19H16BrN3O3S. The van der Waals surface area contributed by atoms with Crippen LogP contribution in [0.1, 0.15) is 17.3 Å². The summed E-state index contributed by atoms with van der Waals surface area (Å²) in [5.41, 5.74) is 2.35. The van der Waals surface area contributed by atoms with Crippen molar-refractivity contribution < 1.29 is 13.2 Å². The first-order valence-electron chi connectivity index (χ1n) is 8.13. The van der Waals surface area contributed by atoms with E-state index in [1.54, 1.807) is 49.4 Å². The number of nitrogens with zero attached hydrogens (tertiary/aromatic N) is 2. The van der Waals surface area contributed by atoms with Crippen LogP contribution < -0.4 is 5.32 Å². The molecule has 0 bridgehead atoms. The summed E-state index contributed by atoms with van der Waals surface area (Å²) in [7, 11) is -3.39. The van der Waals surface area contributed by atoms with Crippen LogP contribution in [0, 0.1) is 0 Å². The minimum Gasteiger partial charge on any atom is -0.322 e. The standard InChI is InChI=1S/C19H16BrN3O3S/c1-2-27(25,26)18-11-10-17(22-23-18)13-6-5-7-14(12-13)21-19(24)15-8-3-4-9-16(15)20/h3-12H,2H2,1H3,(H,21,24). The van der Waals surface area contributed by atoms with E-state index in [1.165, 1.54) is 6.07 Å². The number of benzene rings is 2. The molecule has 0 radical (unpaired) electrons. The zero-order valence-electron chi connectivity index (χ0n) is 14.4. The third-order valence-corrected chi connectivity index (χ3v) is 6.18. The number of amides is 1. The van der Waals surface area contributed by atoms with E-state index in [9.17, 15) is 13.2 Å². The Morgan fingerprint density at radius 3 is 2.48 bits per heavy atom. The minimum atomic E-state index is -3.39. The molecule has 27 heavy (non-hydrogen) atoms. The van der Waals surface area contributed by atoms with Crippen molar-refractivity contribution >= 4 is 37.4 Å². The molecule has 138 valence electrons. The lowest BCUT2D eigenvalue weighted by Crippen LogP contribution is -2.12. The first-order chi connectivity index (χ1) is 12.9. The summed E-state index contributed by atoms with van der Waals surface area (Å²) in [6.07, 6.45) is 0. The summed E-state index contributed by atoms with van der Waals surface area (Å²) in [5.74, 6) is -0.271. The van der Waals surface area contributed by atoms with E-state index in [0.717, 1.165) is 0 Å². The molecule has 0 fully saturated rings. The van der Waals surface area contributed by atoms with Crippen molar-refractivity contribution in [3.63, 3.8) is 0 Å². The summed E-state index contributed by atoms with van der Waals surface area (Å²) in [4.78, 5) is 12.4. The van der Waals surface area contributed by atoms with E-state index in [1.807, 2.05) is 12.1 Å². The van der Waals surface area contributed by atoms with Gasteiger partial charge >= 0.3 is 0 Å². The number of anilines is 1. The third-order valence-electron chi connectivity index (χ3n) is 3.87. The second-order valence-corrected chi connectivity index (χ2v) is 8.75. The van der Waals surface area contributed by atoms with Gasteiger partial charge in [-0.15, -0.1) is 10.2 Å². The van der Waals surface area contributed by atoms with Gasteiger partial charge in [0.2, 0.25) is 0 Å². The Bertz CT molecular complexity index is 1080. The molecule has 8 heteroatoms. The van der Waals surface area contributed by atoms with Gasteiger partial charge in [-0.3, -0.25) is 4.79 Å². The number of hydrogen-bond acceptors (Lipinski definition) is 5. The molecule has 0 saturated carbocycles. The van der Waals surface area contributed by atoms with Gasteiger partial charge in [0.15, 0.2) is 14.9 Å². The molecule has 1 aromatic heterocycles. The normalized spacial score (nSPS) is 11.2. The van der Waals surface area contributed by atoms with E-state index in [4.69, 9.17) is 0 Å². The number of carbonyl (C=O) groups excluding carboxylic acids is 1. The fourth-order valence-corrected chi connectivity index (χ4v) is 3.59. The molecule has 1 heterocycles. The molecule has 0 atom stereocenters. The second-order valence-electron chi connectivity index (χ2n) is 5.68. The predicted molar refractivity (Wildman–Crippen MR) is 107 cm³/mol. The summed E-state index contributed by atoms with van der Waals surface area (Å²) in [6, 6.07) is 17.3. The molecule has 0 spiro atoms. The molecule has 3 rings (SSSR count). The van der Waals surface area contributed by atoms with Gasteiger partial charge in [0.25, 0.3) is 5.91 Å². The Kier molecular flexibility index (Phi) is 5.67. The van der Waals surface area contributed by atoms with E-state index in [0.29, 0.717) is 27.0 Å². The number of sulfone groups is 1. The van der Waals surface area contributed by atoms with Crippen molar-refractivity contribution in [2.75, 3.05) is 11.1 Å². The Balaban J connectivity index is 1.84. The van der Waals surface area contributed by atoms with Gasteiger partial charge < -0.3 is 5.32 Å². The first-order valence-corrected chi connectivity index (χ1v) is 10.6. The maximum atomic E-state index is 12.4. The second kappa shape index (κ2) is 7.98. The number of halogens is 1. The SMILES string of the molecule is CCS(=O)(=O)c1ccc(-c2cccc(NC(=O)c3ccccc3Br)c2)nn1. The first kappa shape index (κ1) is 19.2. The molecule has 1 amide bonds. The maximum absolute atomic E-state index is 12.4. The largest absolute Gasteiger partial charge is 0.322 e. The third kappa shape index (κ3) is 4.40. The lowest BCUT2D eigenvalue weighted by atomic mass is 10.1. The van der Waals surface area contributed by atoms with Crippen LogP contribution in [0.3, 0.4) is 0 Å². The van der Waals surface area contributed by atoms with E-state index >= 15 is 0 Å². The molecule has 6 nitrogen and oxygen atoms in total. The monoisotopic (exact) mass is 445 g/mol. The number of nitrogens with one attached hydrogen (secondary N) is 1. The molecule has 1 N–H and O–H groups in total. The molecule has 0 aliphatic carbocycles. The Hall–Kier alpha value is -2.58. The van der Waals surface area contributed by atoms with Gasteiger partial charge in [-0.05, 0) is 52.3 Å². The topological polar surface area (TPSA) is 89.0 Å². The molecule has 2 aromatic carbocycles. The Morgan fingerprint density at radius 1 is 1.04 bits per heavy atom. The zero-order valence-corrected chi connectivity index (χ0v) is 16.8. The molecule has 0 aliphatic rings. The molecule has 0 unspecified atom stereocenters. The van der Waals surface area contributed by atoms with Crippen LogP contribution in [0.2, 0.25) is 0 Å². The van der Waals surface area contributed by atoms with Gasteiger partial charge in [-0.2, -0.15) is 0 Å². The predicted octanol–water partition coefficient (Wildman–Crippen LogP) is 3.95. The fraction of sp³-hybridized carbons (Fsp3) is 0.105. The highest BCUT2D eigenvalue weighted by atomic mass is 79.9. The minimum absolute atomic E-state index is 0.0302. The number of carbonyl (C=O) groups is 1. The van der Waals surface area contributed by atoms with E-state index in [-0.39, 0.29) is 16.7 Å². The van der Waals surface area contributed by atoms with E-state index < -0.39 is 9.84 Å². The van der Waals surface area contributed by atoms with Crippen LogP contribution in [0.5, 0.6) is 0 Å². The lowest BCUT2D eigenvalue weighted by Gasteiger charge is -2.08. The van der Waals surface area contributed by atoms with Gasteiger partial charge in [0, 0.05) is 15.7 Å². The maximum Gasteiger partial charge on any atom is 0.256 e. The number of rotatable bonds is 5. The molecular weight excluding hydrogens is 430 g/mol. The molecule has 0 aliphatic heterocycles. The highest BCUT2D eigenvalue weighted by Crippen LogP contribution is 2.23. The Labute approximate surface area is 165 Å². The van der Waals surface area contributed by atoms with Gasteiger partial charge in [0.1, 0.15) is 0 Å². The van der Waals surface area contributed by atoms with Gasteiger partial charge in [0.05, 0.1) is 17.0 Å². The van der Waals surface area contributed by atoms with Gasteiger partial charge in [-0.25, -0.2) is 8.42 Å². The molecule has 0 saturated heterocycles. The van der Waals surface area contributed by atoms with Crippen molar-refractivity contribution in [1.82, 2.24) is 10.2 Å². The van der Waals surface area contributed by atoms with Crippen molar-refractivity contribution in [3.05, 3.63) is 70.7 Å². The van der Waals surface area contributed by atoms with Crippen LogP contribution in [0.4, 0.5) is 5.69 Å². The Morgan fingerprint density at radius 2 is 1.81 bits per heavy atom. The van der Waals surface area contributed by atoms with Crippen LogP contribution in [-0.4, -0.2) is 30.3 Å². The van der Waals surface area contributed by atoms with Crippen LogP contribution in [0.15, 0.2) is 70.2 Å². The van der Waals surface area contributed by atoms with Crippen molar-refractivity contribution in [3.8, 4) is 11.3 Å². The van der Waals surface area contributed by atoms with Crippen molar-refractivity contribution in [2.24, 2.45) is 0 Å². The fourth-order valence-electron chi connectivity index (χ4n) is 2.39. The summed E-state index contributed by atoms with van der Waals surface area (Å²) in [6.45, 7) is 1.56. The van der Waals surface area contributed by atoms with Gasteiger partial charge in [-0.1, -0.05) is 31.2 Å². The summed E-state index contributed by atoms with van der Waals surface area (Å²) < 4.78 is 24.4.